The Labute approximate surface area is 153 Å². The highest BCUT2D eigenvalue weighted by Gasteiger charge is 2.17. The molecule has 150 valence electrons. The zero-order valence-corrected chi connectivity index (χ0v) is 17.0. The van der Waals surface area contributed by atoms with Crippen molar-refractivity contribution in [3.05, 3.63) is 0 Å². The van der Waals surface area contributed by atoms with Crippen molar-refractivity contribution < 1.29 is 42.7 Å². The summed E-state index contributed by atoms with van der Waals surface area (Å²) in [5.41, 5.74) is 0. The van der Waals surface area contributed by atoms with E-state index in [4.69, 9.17) is 14.4 Å². The van der Waals surface area contributed by atoms with Crippen molar-refractivity contribution in [2.24, 2.45) is 5.92 Å². The number of aliphatic hydroxyl groups excluding tert-OH is 2. The van der Waals surface area contributed by atoms with Crippen molar-refractivity contribution in [2.75, 3.05) is 65.6 Å². The van der Waals surface area contributed by atoms with E-state index in [1.54, 1.807) is 6.92 Å². The lowest BCUT2D eigenvalue weighted by Gasteiger charge is -2.27. The molecule has 0 rings (SSSR count). The summed E-state index contributed by atoms with van der Waals surface area (Å²) in [6.07, 6.45) is -0.815. The minimum atomic E-state index is -4.40. The third-order valence-corrected chi connectivity index (χ3v) is 5.23. The summed E-state index contributed by atoms with van der Waals surface area (Å²) in [6.45, 7) is 1.35. The van der Waals surface area contributed by atoms with E-state index in [1.807, 2.05) is 21.1 Å². The van der Waals surface area contributed by atoms with E-state index in [1.165, 1.54) is 11.8 Å². The molecule has 0 bridgehead atoms. The van der Waals surface area contributed by atoms with Gasteiger partial charge in [0.1, 0.15) is 19.8 Å². The third-order valence-electron chi connectivity index (χ3n) is 2.88. The number of carbonyl (C=O) groups excluding carboxylic acids is 1. The molecule has 0 saturated carbocycles. The summed E-state index contributed by atoms with van der Waals surface area (Å²) in [4.78, 5) is 23.2. The lowest BCUT2D eigenvalue weighted by Crippen LogP contribution is -2.37. The van der Waals surface area contributed by atoms with Crippen LogP contribution in [0.2, 0.25) is 0 Å². The molecule has 0 saturated heterocycles. The van der Waals surface area contributed by atoms with Gasteiger partial charge in [-0.15, -0.1) is 0 Å². The normalized spacial score (nSPS) is 16.9. The van der Waals surface area contributed by atoms with E-state index < -0.39 is 25.8 Å². The Balaban J connectivity index is 3.87. The van der Waals surface area contributed by atoms with E-state index in [0.29, 0.717) is 22.5 Å². The van der Waals surface area contributed by atoms with Gasteiger partial charge in [-0.05, 0) is 0 Å². The number of hydrogen-bond acceptors (Lipinski definition) is 9. The molecule has 3 unspecified atom stereocenters. The second-order valence-corrected chi connectivity index (χ2v) is 9.06. The number of quaternary nitrogens is 1. The van der Waals surface area contributed by atoms with Gasteiger partial charge in [0.2, 0.25) is 0 Å². The summed E-state index contributed by atoms with van der Waals surface area (Å²) >= 11 is 1.32. The molecule has 0 aromatic heterocycles. The topological polar surface area (TPSA) is 125 Å². The number of carbonyl (C=O) groups is 1. The molecule has 9 nitrogen and oxygen atoms in total. The number of ether oxygens (including phenoxy) is 1. The number of nitrogens with zero attached hydrogens (tertiary/aromatic N) is 1. The van der Waals surface area contributed by atoms with Gasteiger partial charge in [0, 0.05) is 11.5 Å². The summed E-state index contributed by atoms with van der Waals surface area (Å²) in [6, 6.07) is 0. The summed E-state index contributed by atoms with van der Waals surface area (Å²) < 4.78 is 26.4. The monoisotopic (exact) mass is 403 g/mol. The van der Waals surface area contributed by atoms with Gasteiger partial charge >= 0.3 is 5.97 Å². The molecule has 3 atom stereocenters. The average molecular weight is 403 g/mol. The number of phosphoric ester groups is 1. The fraction of sp³-hybridized carbons (Fsp3) is 0.929. The van der Waals surface area contributed by atoms with Gasteiger partial charge in [-0.25, -0.2) is 0 Å². The maximum absolute atomic E-state index is 11.7. The molecule has 0 aliphatic heterocycles. The minimum absolute atomic E-state index is 0.0119. The molecule has 0 aromatic carbocycles. The van der Waals surface area contributed by atoms with E-state index in [-0.39, 0.29) is 26.4 Å². The van der Waals surface area contributed by atoms with Crippen molar-refractivity contribution in [1.29, 1.82) is 0 Å². The first-order valence-electron chi connectivity index (χ1n) is 7.90. The molecule has 0 aliphatic rings. The molecule has 2 N–H and O–H groups in total. The number of rotatable bonds is 14. The molecule has 0 amide bonds. The largest absolute Gasteiger partial charge is 0.756 e. The average Bonchev–Trinajstić information content (AvgIpc) is 2.49. The fourth-order valence-corrected chi connectivity index (χ4v) is 3.08. The standard InChI is InChI=1S/C14H30NO8PS/c1-12(10-25-11-13(17)9-16)14(18)21-7-8-23-24(19,20)22-6-5-15(2,3)4/h12-13,16-17H,5-11H2,1-4H3. The first kappa shape index (κ1) is 24.8. The van der Waals surface area contributed by atoms with Gasteiger partial charge in [0.25, 0.3) is 7.82 Å². The smallest absolute Gasteiger partial charge is 0.309 e. The van der Waals surface area contributed by atoms with Crippen LogP contribution < -0.4 is 4.89 Å². The van der Waals surface area contributed by atoms with Crippen molar-refractivity contribution in [1.82, 2.24) is 0 Å². The summed E-state index contributed by atoms with van der Waals surface area (Å²) in [5, 5.41) is 17.9. The highest BCUT2D eigenvalue weighted by Crippen LogP contribution is 2.37. The maximum atomic E-state index is 11.7. The zero-order valence-electron chi connectivity index (χ0n) is 15.3. The van der Waals surface area contributed by atoms with Crippen LogP contribution in [0.4, 0.5) is 0 Å². The number of thioether (sulfide) groups is 1. The number of aliphatic hydroxyl groups is 2. The summed E-state index contributed by atoms with van der Waals surface area (Å²) in [5.74, 6) is -0.163. The van der Waals surface area contributed by atoms with Crippen LogP contribution in [-0.2, 0) is 23.1 Å². The lowest BCUT2D eigenvalue weighted by molar-refractivity contribution is -0.870. The number of phosphoric acid groups is 1. The van der Waals surface area contributed by atoms with Crippen LogP contribution in [0.5, 0.6) is 0 Å². The Morgan fingerprint density at radius 1 is 1.20 bits per heavy atom. The molecular weight excluding hydrogens is 373 g/mol. The predicted molar refractivity (Wildman–Crippen MR) is 93.0 cm³/mol. The van der Waals surface area contributed by atoms with Crippen LogP contribution in [0.15, 0.2) is 0 Å². The zero-order chi connectivity index (χ0) is 19.5. The first-order chi connectivity index (χ1) is 11.5. The molecule has 25 heavy (non-hydrogen) atoms. The summed E-state index contributed by atoms with van der Waals surface area (Å²) in [7, 11) is 1.32. The predicted octanol–water partition coefficient (Wildman–Crippen LogP) is -0.540. The molecule has 0 heterocycles. The van der Waals surface area contributed by atoms with Crippen LogP contribution in [0, 0.1) is 5.92 Å². The highest BCUT2D eigenvalue weighted by molar-refractivity contribution is 7.99. The quantitative estimate of drug-likeness (QED) is 0.170. The maximum Gasteiger partial charge on any atom is 0.309 e. The Bertz CT molecular complexity index is 432. The molecule has 0 aliphatic carbocycles. The Hall–Kier alpha value is -0.190. The SMILES string of the molecule is CC(CSCC(O)CO)C(=O)OCCOP(=O)([O-])OCC[N+](C)(C)C. The van der Waals surface area contributed by atoms with Crippen molar-refractivity contribution in [2.45, 2.75) is 13.0 Å². The highest BCUT2D eigenvalue weighted by atomic mass is 32.2. The van der Waals surface area contributed by atoms with Crippen molar-refractivity contribution >= 4 is 25.6 Å². The Morgan fingerprint density at radius 3 is 2.36 bits per heavy atom. The van der Waals surface area contributed by atoms with Gasteiger partial charge in [0.15, 0.2) is 0 Å². The molecule has 0 spiro atoms. The van der Waals surface area contributed by atoms with E-state index in [0.717, 1.165) is 0 Å². The fourth-order valence-electron chi connectivity index (χ4n) is 1.40. The van der Waals surface area contributed by atoms with Gasteiger partial charge in [-0.1, -0.05) is 6.92 Å². The molecule has 11 heteroatoms. The molecule has 0 aromatic rings. The van der Waals surface area contributed by atoms with Gasteiger partial charge in [-0.3, -0.25) is 9.36 Å². The van der Waals surface area contributed by atoms with E-state index in [9.17, 15) is 19.4 Å². The van der Waals surface area contributed by atoms with Crippen LogP contribution in [-0.4, -0.2) is 92.4 Å². The Kier molecular flexibility index (Phi) is 12.1. The number of hydrogen-bond donors (Lipinski definition) is 2. The number of likely N-dealkylation sites (N-methyl/N-ethyl adjacent to an activating group) is 1. The second-order valence-electron chi connectivity index (χ2n) is 6.57. The third kappa shape index (κ3) is 14.6. The van der Waals surface area contributed by atoms with Gasteiger partial charge in [0.05, 0.1) is 46.4 Å². The van der Waals surface area contributed by atoms with E-state index >= 15 is 0 Å². The molecule has 0 radical (unpaired) electrons. The van der Waals surface area contributed by atoms with Gasteiger partial charge in [-0.2, -0.15) is 11.8 Å². The van der Waals surface area contributed by atoms with Gasteiger partial charge < -0.3 is 33.4 Å². The van der Waals surface area contributed by atoms with Crippen LogP contribution in [0.1, 0.15) is 6.92 Å². The van der Waals surface area contributed by atoms with Crippen LogP contribution >= 0.6 is 19.6 Å². The van der Waals surface area contributed by atoms with Crippen LogP contribution in [0.3, 0.4) is 0 Å². The lowest BCUT2D eigenvalue weighted by atomic mass is 10.2. The second kappa shape index (κ2) is 12.2. The minimum Gasteiger partial charge on any atom is -0.756 e. The first-order valence-corrected chi connectivity index (χ1v) is 10.5. The Morgan fingerprint density at radius 2 is 1.80 bits per heavy atom. The van der Waals surface area contributed by atoms with Crippen molar-refractivity contribution in [3.8, 4) is 0 Å². The van der Waals surface area contributed by atoms with Crippen molar-refractivity contribution in [3.63, 3.8) is 0 Å². The molecule has 0 fully saturated rings. The van der Waals surface area contributed by atoms with Crippen LogP contribution in [0.25, 0.3) is 0 Å². The van der Waals surface area contributed by atoms with E-state index in [2.05, 4.69) is 4.52 Å². The molecular formula is C14H30NO8PS. The number of esters is 1.